The fraction of sp³-hybridized carbons (Fsp3) is 0.700. The van der Waals surface area contributed by atoms with Crippen molar-refractivity contribution in [3.63, 3.8) is 0 Å². The van der Waals surface area contributed by atoms with Gasteiger partial charge in [0.1, 0.15) is 6.54 Å². The number of rotatable bonds is 4. The van der Waals surface area contributed by atoms with Crippen LogP contribution in [0.5, 0.6) is 0 Å². The summed E-state index contributed by atoms with van der Waals surface area (Å²) in [5.41, 5.74) is 0.227. The quantitative estimate of drug-likeness (QED) is 0.502. The molecule has 0 bridgehead atoms. The Hall–Kier alpha value is -1.57. The molecule has 0 aromatic carbocycles. The molecule has 1 rings (SSSR count). The second kappa shape index (κ2) is 4.78. The van der Waals surface area contributed by atoms with Crippen LogP contribution in [-0.2, 0) is 9.59 Å². The maximum atomic E-state index is 11.2. The van der Waals surface area contributed by atoms with Crippen molar-refractivity contribution in [1.29, 1.82) is 5.26 Å². The average Bonchev–Trinajstić information content (AvgIpc) is 3.03. The van der Waals surface area contributed by atoms with Gasteiger partial charge < -0.3 is 10.6 Å². The minimum absolute atomic E-state index is 0.134. The van der Waals surface area contributed by atoms with E-state index in [4.69, 9.17) is 5.26 Å². The van der Waals surface area contributed by atoms with Crippen molar-refractivity contribution >= 4 is 11.8 Å². The third kappa shape index (κ3) is 3.24. The summed E-state index contributed by atoms with van der Waals surface area (Å²) in [4.78, 5) is 22.3. The molecule has 1 saturated carbocycles. The molecule has 0 spiro atoms. The Morgan fingerprint density at radius 2 is 1.93 bits per heavy atom. The lowest BCUT2D eigenvalue weighted by Gasteiger charge is -2.12. The number of hydrogen-bond donors (Lipinski definition) is 2. The molecule has 2 N–H and O–H groups in total. The van der Waals surface area contributed by atoms with Crippen LogP contribution in [0.25, 0.3) is 0 Å². The summed E-state index contributed by atoms with van der Waals surface area (Å²) >= 11 is 0. The van der Waals surface area contributed by atoms with Crippen LogP contribution < -0.4 is 10.6 Å². The average molecular weight is 209 g/mol. The molecule has 0 radical (unpaired) electrons. The predicted molar refractivity (Wildman–Crippen MR) is 53.6 cm³/mol. The molecule has 1 aliphatic carbocycles. The van der Waals surface area contributed by atoms with Crippen molar-refractivity contribution in [3.8, 4) is 6.07 Å². The SMILES string of the molecule is CCC1(CNC(=O)C(=O)NCC#N)CC1. The standard InChI is InChI=1S/C10H15N3O2/c1-2-10(3-4-10)7-13-9(15)8(14)12-6-5-11/h2-4,6-7H2,1H3,(H,12,14)(H,13,15). The van der Waals surface area contributed by atoms with Crippen LogP contribution in [0.2, 0.25) is 0 Å². The summed E-state index contributed by atoms with van der Waals surface area (Å²) in [7, 11) is 0. The molecule has 1 fully saturated rings. The number of nitriles is 1. The van der Waals surface area contributed by atoms with Crippen LogP contribution in [-0.4, -0.2) is 24.9 Å². The van der Waals surface area contributed by atoms with E-state index in [1.807, 2.05) is 0 Å². The van der Waals surface area contributed by atoms with Gasteiger partial charge in [0.25, 0.3) is 0 Å². The summed E-state index contributed by atoms with van der Waals surface area (Å²) in [6.07, 6.45) is 3.25. The van der Waals surface area contributed by atoms with Crippen LogP contribution in [0.4, 0.5) is 0 Å². The van der Waals surface area contributed by atoms with Crippen LogP contribution in [0.3, 0.4) is 0 Å². The monoisotopic (exact) mass is 209 g/mol. The number of carbonyl (C=O) groups is 2. The Kier molecular flexibility index (Phi) is 3.67. The highest BCUT2D eigenvalue weighted by Crippen LogP contribution is 2.47. The van der Waals surface area contributed by atoms with E-state index in [1.165, 1.54) is 0 Å². The van der Waals surface area contributed by atoms with Gasteiger partial charge in [-0.3, -0.25) is 9.59 Å². The predicted octanol–water partition coefficient (Wildman–Crippen LogP) is -0.0674. The molecular formula is C10H15N3O2. The van der Waals surface area contributed by atoms with Crippen LogP contribution >= 0.6 is 0 Å². The lowest BCUT2D eigenvalue weighted by Crippen LogP contribution is -2.42. The first-order chi connectivity index (χ1) is 7.13. The van der Waals surface area contributed by atoms with E-state index in [1.54, 1.807) is 6.07 Å². The van der Waals surface area contributed by atoms with E-state index in [2.05, 4.69) is 17.6 Å². The zero-order chi connectivity index (χ0) is 11.3. The van der Waals surface area contributed by atoms with Gasteiger partial charge in [-0.15, -0.1) is 0 Å². The van der Waals surface area contributed by atoms with E-state index in [-0.39, 0.29) is 12.0 Å². The number of carbonyl (C=O) groups excluding carboxylic acids is 2. The van der Waals surface area contributed by atoms with Gasteiger partial charge in [-0.05, 0) is 24.7 Å². The number of amides is 2. The van der Waals surface area contributed by atoms with Gasteiger partial charge in [0.05, 0.1) is 6.07 Å². The Labute approximate surface area is 88.8 Å². The van der Waals surface area contributed by atoms with E-state index in [9.17, 15) is 9.59 Å². The Morgan fingerprint density at radius 3 is 2.40 bits per heavy atom. The maximum Gasteiger partial charge on any atom is 0.310 e. The summed E-state index contributed by atoms with van der Waals surface area (Å²) in [6.45, 7) is 2.50. The molecule has 82 valence electrons. The van der Waals surface area contributed by atoms with Gasteiger partial charge in [0.15, 0.2) is 0 Å². The molecular weight excluding hydrogens is 194 g/mol. The van der Waals surface area contributed by atoms with Crippen LogP contribution in [0, 0.1) is 16.7 Å². The normalized spacial score (nSPS) is 16.3. The highest BCUT2D eigenvalue weighted by Gasteiger charge is 2.40. The Bertz CT molecular complexity index is 302. The number of nitrogens with one attached hydrogen (secondary N) is 2. The molecule has 5 nitrogen and oxygen atoms in total. The van der Waals surface area contributed by atoms with E-state index < -0.39 is 11.8 Å². The van der Waals surface area contributed by atoms with Gasteiger partial charge >= 0.3 is 11.8 Å². The fourth-order valence-corrected chi connectivity index (χ4v) is 1.38. The third-order valence-electron chi connectivity index (χ3n) is 2.87. The minimum Gasteiger partial charge on any atom is -0.347 e. The molecule has 0 unspecified atom stereocenters. The Balaban J connectivity index is 2.24. The van der Waals surface area contributed by atoms with Gasteiger partial charge in [0.2, 0.25) is 0 Å². The second-order valence-electron chi connectivity index (χ2n) is 3.88. The summed E-state index contributed by atoms with van der Waals surface area (Å²) in [6, 6.07) is 1.74. The van der Waals surface area contributed by atoms with E-state index in [0.29, 0.717) is 6.54 Å². The first-order valence-electron chi connectivity index (χ1n) is 5.06. The zero-order valence-electron chi connectivity index (χ0n) is 8.80. The highest BCUT2D eigenvalue weighted by atomic mass is 16.2. The maximum absolute atomic E-state index is 11.2. The van der Waals surface area contributed by atoms with Crippen LogP contribution in [0.15, 0.2) is 0 Å². The van der Waals surface area contributed by atoms with Crippen molar-refractivity contribution in [2.75, 3.05) is 13.1 Å². The van der Waals surface area contributed by atoms with Crippen molar-refractivity contribution in [1.82, 2.24) is 10.6 Å². The van der Waals surface area contributed by atoms with E-state index >= 15 is 0 Å². The number of hydrogen-bond acceptors (Lipinski definition) is 3. The minimum atomic E-state index is -0.733. The second-order valence-corrected chi connectivity index (χ2v) is 3.88. The van der Waals surface area contributed by atoms with Crippen molar-refractivity contribution in [2.24, 2.45) is 5.41 Å². The van der Waals surface area contributed by atoms with Crippen LogP contribution in [0.1, 0.15) is 26.2 Å². The molecule has 5 heteroatoms. The van der Waals surface area contributed by atoms with Gasteiger partial charge in [-0.25, -0.2) is 0 Å². The molecule has 0 aromatic rings. The molecule has 0 atom stereocenters. The summed E-state index contributed by atoms with van der Waals surface area (Å²) in [5.74, 6) is -1.38. The zero-order valence-corrected chi connectivity index (χ0v) is 8.80. The van der Waals surface area contributed by atoms with Gasteiger partial charge in [-0.1, -0.05) is 6.92 Å². The first kappa shape index (κ1) is 11.5. The molecule has 0 saturated heterocycles. The summed E-state index contributed by atoms with van der Waals surface area (Å²) < 4.78 is 0. The summed E-state index contributed by atoms with van der Waals surface area (Å²) in [5, 5.41) is 13.0. The topological polar surface area (TPSA) is 82.0 Å². The van der Waals surface area contributed by atoms with Crippen molar-refractivity contribution in [3.05, 3.63) is 0 Å². The fourth-order valence-electron chi connectivity index (χ4n) is 1.38. The molecule has 15 heavy (non-hydrogen) atoms. The third-order valence-corrected chi connectivity index (χ3v) is 2.87. The molecule has 2 amide bonds. The lowest BCUT2D eigenvalue weighted by atomic mass is 10.0. The first-order valence-corrected chi connectivity index (χ1v) is 5.06. The number of nitrogens with zero attached hydrogens (tertiary/aromatic N) is 1. The Morgan fingerprint density at radius 1 is 1.33 bits per heavy atom. The van der Waals surface area contributed by atoms with Crippen molar-refractivity contribution < 1.29 is 9.59 Å². The molecule has 0 aromatic heterocycles. The molecule has 0 aliphatic heterocycles. The van der Waals surface area contributed by atoms with Gasteiger partial charge in [0, 0.05) is 6.54 Å². The smallest absolute Gasteiger partial charge is 0.310 e. The largest absolute Gasteiger partial charge is 0.347 e. The molecule has 0 heterocycles. The lowest BCUT2D eigenvalue weighted by molar-refractivity contribution is -0.139. The molecule has 1 aliphatic rings. The van der Waals surface area contributed by atoms with E-state index in [0.717, 1.165) is 19.3 Å². The van der Waals surface area contributed by atoms with Crippen molar-refractivity contribution in [2.45, 2.75) is 26.2 Å². The van der Waals surface area contributed by atoms with Gasteiger partial charge in [-0.2, -0.15) is 5.26 Å². The highest BCUT2D eigenvalue weighted by molar-refractivity contribution is 6.35.